The van der Waals surface area contributed by atoms with E-state index in [2.05, 4.69) is 29.4 Å². The van der Waals surface area contributed by atoms with Crippen LogP contribution in [0, 0.1) is 5.92 Å². The lowest BCUT2D eigenvalue weighted by Gasteiger charge is -2.37. The first-order valence-corrected chi connectivity index (χ1v) is 12.9. The van der Waals surface area contributed by atoms with Gasteiger partial charge < -0.3 is 9.88 Å². The smallest absolute Gasteiger partial charge is 0.243 e. The standard InChI is InChI=1S/C25H29N3O3S/c29-25(20-12-16-28(17-13-20)32(30,31)21-6-2-1-3-7-21)27-14-10-19(11-15-27)23-18-26-24-9-5-4-8-22(23)24/h1-9,18-20,26H,10-17H2. The van der Waals surface area contributed by atoms with Gasteiger partial charge in [0.05, 0.1) is 4.90 Å². The molecular weight excluding hydrogens is 422 g/mol. The number of nitrogens with one attached hydrogen (secondary N) is 1. The molecule has 3 aromatic rings. The number of likely N-dealkylation sites (tertiary alicyclic amines) is 1. The fourth-order valence-corrected chi connectivity index (χ4v) is 6.68. The number of amides is 1. The summed E-state index contributed by atoms with van der Waals surface area (Å²) in [7, 11) is -3.48. The molecule has 0 radical (unpaired) electrons. The van der Waals surface area contributed by atoms with Crippen LogP contribution in [0.5, 0.6) is 0 Å². The van der Waals surface area contributed by atoms with Gasteiger partial charge in [-0.1, -0.05) is 36.4 Å². The van der Waals surface area contributed by atoms with Crippen LogP contribution in [-0.2, 0) is 14.8 Å². The monoisotopic (exact) mass is 451 g/mol. The predicted molar refractivity (Wildman–Crippen MR) is 125 cm³/mol. The Bertz CT molecular complexity index is 1190. The third-order valence-electron chi connectivity index (χ3n) is 7.05. The number of hydrogen-bond donors (Lipinski definition) is 1. The minimum atomic E-state index is -3.48. The van der Waals surface area contributed by atoms with E-state index in [0.29, 0.717) is 36.7 Å². The first-order valence-electron chi connectivity index (χ1n) is 11.4. The van der Waals surface area contributed by atoms with Crippen molar-refractivity contribution in [1.82, 2.24) is 14.2 Å². The molecule has 0 unspecified atom stereocenters. The Balaban J connectivity index is 1.17. The third kappa shape index (κ3) is 3.95. The number of hydrogen-bond acceptors (Lipinski definition) is 3. The molecule has 0 saturated carbocycles. The van der Waals surface area contributed by atoms with Crippen LogP contribution in [0.15, 0.2) is 65.7 Å². The molecule has 3 heterocycles. The van der Waals surface area contributed by atoms with Gasteiger partial charge in [0.25, 0.3) is 0 Å². The maximum atomic E-state index is 13.1. The molecule has 2 aliphatic rings. The molecule has 1 amide bonds. The van der Waals surface area contributed by atoms with Crippen LogP contribution in [0.2, 0.25) is 0 Å². The highest BCUT2D eigenvalue weighted by atomic mass is 32.2. The van der Waals surface area contributed by atoms with E-state index in [-0.39, 0.29) is 11.8 Å². The zero-order valence-corrected chi connectivity index (χ0v) is 18.9. The maximum absolute atomic E-state index is 13.1. The Morgan fingerprint density at radius 1 is 0.844 bits per heavy atom. The quantitative estimate of drug-likeness (QED) is 0.652. The van der Waals surface area contributed by atoms with Crippen molar-refractivity contribution in [3.05, 3.63) is 66.4 Å². The molecule has 0 bridgehead atoms. The number of piperidine rings is 2. The zero-order chi connectivity index (χ0) is 22.1. The van der Waals surface area contributed by atoms with Gasteiger partial charge in [-0.05, 0) is 55.4 Å². The van der Waals surface area contributed by atoms with Crippen molar-refractivity contribution in [3.63, 3.8) is 0 Å². The number of rotatable bonds is 4. The number of fused-ring (bicyclic) bond motifs is 1. The predicted octanol–water partition coefficient (Wildman–Crippen LogP) is 3.97. The average Bonchev–Trinajstić information content (AvgIpc) is 3.28. The topological polar surface area (TPSA) is 73.5 Å². The number of H-pyrrole nitrogens is 1. The van der Waals surface area contributed by atoms with Gasteiger partial charge >= 0.3 is 0 Å². The molecule has 2 aromatic carbocycles. The van der Waals surface area contributed by atoms with E-state index in [4.69, 9.17) is 0 Å². The van der Waals surface area contributed by atoms with Crippen molar-refractivity contribution >= 4 is 26.8 Å². The van der Waals surface area contributed by atoms with Crippen LogP contribution < -0.4 is 0 Å². The lowest BCUT2D eigenvalue weighted by Crippen LogP contribution is -2.46. The second-order valence-corrected chi connectivity index (χ2v) is 10.8. The molecule has 1 aromatic heterocycles. The van der Waals surface area contributed by atoms with Crippen LogP contribution in [0.4, 0.5) is 0 Å². The highest BCUT2D eigenvalue weighted by Gasteiger charge is 2.35. The molecule has 0 atom stereocenters. The molecule has 2 aliphatic heterocycles. The fourth-order valence-electron chi connectivity index (χ4n) is 5.19. The second-order valence-electron chi connectivity index (χ2n) is 8.88. The average molecular weight is 452 g/mol. The van der Waals surface area contributed by atoms with E-state index in [1.807, 2.05) is 17.0 Å². The number of aromatic nitrogens is 1. The minimum Gasteiger partial charge on any atom is -0.361 e. The van der Waals surface area contributed by atoms with Crippen molar-refractivity contribution in [2.45, 2.75) is 36.5 Å². The summed E-state index contributed by atoms with van der Waals surface area (Å²) in [6.07, 6.45) is 5.24. The van der Waals surface area contributed by atoms with Gasteiger partial charge in [-0.25, -0.2) is 8.42 Å². The number of carbonyl (C=O) groups excluding carboxylic acids is 1. The van der Waals surface area contributed by atoms with E-state index in [9.17, 15) is 13.2 Å². The van der Waals surface area contributed by atoms with Crippen molar-refractivity contribution in [1.29, 1.82) is 0 Å². The largest absolute Gasteiger partial charge is 0.361 e. The number of para-hydroxylation sites is 1. The normalized spacial score (nSPS) is 19.4. The van der Waals surface area contributed by atoms with Gasteiger partial charge in [-0.2, -0.15) is 4.31 Å². The molecule has 2 saturated heterocycles. The lowest BCUT2D eigenvalue weighted by atomic mass is 9.88. The second kappa shape index (κ2) is 8.71. The van der Waals surface area contributed by atoms with Crippen molar-refractivity contribution in [3.8, 4) is 0 Å². The summed E-state index contributed by atoms with van der Waals surface area (Å²) < 4.78 is 27.2. The van der Waals surface area contributed by atoms with Crippen LogP contribution in [0.1, 0.15) is 37.2 Å². The maximum Gasteiger partial charge on any atom is 0.243 e. The highest BCUT2D eigenvalue weighted by molar-refractivity contribution is 7.89. The Kier molecular flexibility index (Phi) is 5.78. The molecule has 5 rings (SSSR count). The van der Waals surface area contributed by atoms with Crippen LogP contribution in [0.3, 0.4) is 0 Å². The Morgan fingerprint density at radius 3 is 2.22 bits per heavy atom. The van der Waals surface area contributed by atoms with Gasteiger partial charge in [0.1, 0.15) is 0 Å². The minimum absolute atomic E-state index is 0.0816. The van der Waals surface area contributed by atoms with Crippen LogP contribution in [-0.4, -0.2) is 54.7 Å². The molecule has 2 fully saturated rings. The fraction of sp³-hybridized carbons (Fsp3) is 0.400. The van der Waals surface area contributed by atoms with Crippen LogP contribution >= 0.6 is 0 Å². The van der Waals surface area contributed by atoms with Gasteiger partial charge in [0.15, 0.2) is 0 Å². The molecule has 168 valence electrons. The summed E-state index contributed by atoms with van der Waals surface area (Å²) in [6.45, 7) is 2.34. The Hall–Kier alpha value is -2.64. The van der Waals surface area contributed by atoms with E-state index in [0.717, 1.165) is 25.9 Å². The summed E-state index contributed by atoms with van der Waals surface area (Å²) >= 11 is 0. The van der Waals surface area contributed by atoms with E-state index in [1.165, 1.54) is 20.8 Å². The Labute approximate surface area is 189 Å². The van der Waals surface area contributed by atoms with E-state index in [1.54, 1.807) is 24.3 Å². The number of benzene rings is 2. The zero-order valence-electron chi connectivity index (χ0n) is 18.1. The molecular formula is C25H29N3O3S. The summed E-state index contributed by atoms with van der Waals surface area (Å²) in [5.41, 5.74) is 2.52. The Morgan fingerprint density at radius 2 is 1.50 bits per heavy atom. The molecule has 1 N–H and O–H groups in total. The number of sulfonamides is 1. The number of carbonyl (C=O) groups is 1. The van der Waals surface area contributed by atoms with Crippen molar-refractivity contribution in [2.75, 3.05) is 26.2 Å². The molecule has 0 spiro atoms. The molecule has 32 heavy (non-hydrogen) atoms. The third-order valence-corrected chi connectivity index (χ3v) is 8.96. The first-order chi connectivity index (χ1) is 15.5. The highest BCUT2D eigenvalue weighted by Crippen LogP contribution is 2.34. The summed E-state index contributed by atoms with van der Waals surface area (Å²) in [6, 6.07) is 16.9. The summed E-state index contributed by atoms with van der Waals surface area (Å²) in [5, 5.41) is 1.28. The summed E-state index contributed by atoms with van der Waals surface area (Å²) in [5.74, 6) is 0.578. The molecule has 6 nitrogen and oxygen atoms in total. The van der Waals surface area contributed by atoms with Gasteiger partial charge in [-0.15, -0.1) is 0 Å². The van der Waals surface area contributed by atoms with Gasteiger partial charge in [0.2, 0.25) is 15.9 Å². The van der Waals surface area contributed by atoms with E-state index >= 15 is 0 Å². The number of nitrogens with zero attached hydrogens (tertiary/aromatic N) is 2. The van der Waals surface area contributed by atoms with Gasteiger partial charge in [0, 0.05) is 49.2 Å². The van der Waals surface area contributed by atoms with Crippen LogP contribution in [0.25, 0.3) is 10.9 Å². The van der Waals surface area contributed by atoms with Crippen molar-refractivity contribution < 1.29 is 13.2 Å². The molecule has 0 aliphatic carbocycles. The SMILES string of the molecule is O=C(C1CCN(S(=O)(=O)c2ccccc2)CC1)N1CCC(c2c[nH]c3ccccc23)CC1. The summed E-state index contributed by atoms with van der Waals surface area (Å²) in [4.78, 5) is 18.8. The molecule has 7 heteroatoms. The van der Waals surface area contributed by atoms with E-state index < -0.39 is 10.0 Å². The first kappa shape index (κ1) is 21.2. The number of aromatic amines is 1. The van der Waals surface area contributed by atoms with Crippen molar-refractivity contribution in [2.24, 2.45) is 5.92 Å². The lowest BCUT2D eigenvalue weighted by molar-refractivity contribution is -0.137. The van der Waals surface area contributed by atoms with Gasteiger partial charge in [-0.3, -0.25) is 4.79 Å².